The fourth-order valence-corrected chi connectivity index (χ4v) is 0. The van der Waals surface area contributed by atoms with E-state index in [1.165, 1.54) is 0 Å². The molecule has 0 N–H and O–H groups in total. The van der Waals surface area contributed by atoms with Crippen molar-refractivity contribution in [2.24, 2.45) is 0 Å². The second-order valence-electron chi connectivity index (χ2n) is 0. The summed E-state index contributed by atoms with van der Waals surface area (Å²) in [4.78, 5) is 0. The molecule has 0 bridgehead atoms. The van der Waals surface area contributed by atoms with Gasteiger partial charge in [0.05, 0.1) is 0 Å². The summed E-state index contributed by atoms with van der Waals surface area (Å²) < 4.78 is 0. The molecule has 0 aliphatic rings. The first kappa shape index (κ1) is 32.8. The van der Waals surface area contributed by atoms with Crippen molar-refractivity contribution in [3.63, 3.8) is 0 Å². The second kappa shape index (κ2) is 18.3. The monoisotopic (exact) mass is 278 g/mol. The van der Waals surface area contributed by atoms with Gasteiger partial charge in [-0.2, -0.15) is 0 Å². The fourth-order valence-electron chi connectivity index (χ4n) is 0. The molecule has 0 aliphatic carbocycles. The van der Waals surface area contributed by atoms with E-state index in [9.17, 15) is 0 Å². The molecule has 0 saturated carbocycles. The van der Waals surface area contributed by atoms with Gasteiger partial charge in [0.25, 0.3) is 0 Å². The van der Waals surface area contributed by atoms with E-state index < -0.39 is 0 Å². The van der Waals surface area contributed by atoms with Gasteiger partial charge in [0.1, 0.15) is 0 Å². The van der Waals surface area contributed by atoms with Crippen molar-refractivity contribution >= 4 is 0 Å². The Morgan fingerprint density at radius 3 is 1.00 bits per heavy atom. The van der Waals surface area contributed by atoms with Crippen LogP contribution in [0, 0.1) is 41.7 Å². The van der Waals surface area contributed by atoms with Crippen LogP contribution in [0.3, 0.4) is 0 Å². The summed E-state index contributed by atoms with van der Waals surface area (Å²) in [5.74, 6) is 0. The molecule has 0 heterocycles. The van der Waals surface area contributed by atoms with Crippen molar-refractivity contribution in [2.45, 2.75) is 0 Å². The fraction of sp³-hybridized carbons (Fsp3) is 0. The predicted molar refractivity (Wildman–Crippen MR) is 0.686 cm³/mol. The standard InChI is InChI=1S/Ce.Co.Cu.O/q+3;2*+2;-2. The Hall–Kier alpha value is 2.36. The zero-order valence-corrected chi connectivity index (χ0v) is 6.67. The van der Waals surface area contributed by atoms with Crippen LogP contribution in [0.15, 0.2) is 0 Å². The molecule has 0 aromatic heterocycles. The van der Waals surface area contributed by atoms with E-state index in [1.807, 2.05) is 0 Å². The van der Waals surface area contributed by atoms with Crippen LogP contribution in [0.5, 0.6) is 0 Å². The first-order chi connectivity index (χ1) is 0. The van der Waals surface area contributed by atoms with Crippen molar-refractivity contribution in [3.8, 4) is 0 Å². The van der Waals surface area contributed by atoms with Crippen LogP contribution >= 0.6 is 0 Å². The Morgan fingerprint density at radius 2 is 1.00 bits per heavy atom. The van der Waals surface area contributed by atoms with Crippen molar-refractivity contribution in [1.82, 2.24) is 0 Å². The number of hydrogen-bond donors (Lipinski definition) is 0. The minimum atomic E-state index is 0. The van der Waals surface area contributed by atoms with E-state index >= 15 is 0 Å². The van der Waals surface area contributed by atoms with E-state index in [-0.39, 0.29) is 81.1 Å². The maximum absolute atomic E-state index is 0. The third kappa shape index (κ3) is 8.84. The van der Waals surface area contributed by atoms with E-state index in [4.69, 9.17) is 0 Å². The summed E-state index contributed by atoms with van der Waals surface area (Å²) in [5, 5.41) is 0. The van der Waals surface area contributed by atoms with Gasteiger partial charge in [-0.05, 0) is 0 Å². The molecule has 0 aromatic rings. The summed E-state index contributed by atoms with van der Waals surface area (Å²) in [5.41, 5.74) is 0. The molecule has 0 rings (SSSR count). The van der Waals surface area contributed by atoms with Crippen LogP contribution in [-0.2, 0) is 39.3 Å². The van der Waals surface area contributed by atoms with Crippen LogP contribution < -0.4 is 0 Å². The molecule has 0 saturated heterocycles. The van der Waals surface area contributed by atoms with Gasteiger partial charge in [-0.15, -0.1) is 0 Å². The molecular weight excluding hydrogens is 279 g/mol. The molecule has 4 heavy (non-hydrogen) atoms. The Kier molecular flexibility index (Phi) is 150. The largest absolute Gasteiger partial charge is 3.00 e. The summed E-state index contributed by atoms with van der Waals surface area (Å²) in [6, 6.07) is 0. The molecule has 4 heteroatoms. The summed E-state index contributed by atoms with van der Waals surface area (Å²) >= 11 is 0. The Labute approximate surface area is 79.6 Å². The van der Waals surface area contributed by atoms with E-state index in [1.54, 1.807) is 0 Å². The molecule has 0 unspecified atom stereocenters. The molecular formula is CeCoCuO+5. The quantitative estimate of drug-likeness (QED) is 0.553. The van der Waals surface area contributed by atoms with Crippen LogP contribution in [0.1, 0.15) is 0 Å². The first-order valence-corrected chi connectivity index (χ1v) is 0. The topological polar surface area (TPSA) is 28.5 Å². The van der Waals surface area contributed by atoms with Crippen LogP contribution in [0.25, 0.3) is 0 Å². The van der Waals surface area contributed by atoms with Crippen molar-refractivity contribution in [1.29, 1.82) is 0 Å². The van der Waals surface area contributed by atoms with Gasteiger partial charge < -0.3 is 5.48 Å². The van der Waals surface area contributed by atoms with Gasteiger partial charge in [0.2, 0.25) is 0 Å². The normalized spacial score (nSPS) is 0. The van der Waals surface area contributed by atoms with Crippen molar-refractivity contribution < 1.29 is 81.1 Å². The molecule has 1 nitrogen and oxygen atoms in total. The van der Waals surface area contributed by atoms with E-state index in [0.29, 0.717) is 0 Å². The van der Waals surface area contributed by atoms with Crippen LogP contribution in [-0.4, -0.2) is 0 Å². The average molecular weight is 279 g/mol. The van der Waals surface area contributed by atoms with Gasteiger partial charge in [-0.1, -0.05) is 0 Å². The third-order valence-electron chi connectivity index (χ3n) is 0. The van der Waals surface area contributed by atoms with Gasteiger partial charge in [0.15, 0.2) is 0 Å². The zero-order chi connectivity index (χ0) is 0. The summed E-state index contributed by atoms with van der Waals surface area (Å²) in [7, 11) is 0. The van der Waals surface area contributed by atoms with Crippen molar-refractivity contribution in [3.05, 3.63) is 0 Å². The molecule has 0 atom stereocenters. The van der Waals surface area contributed by atoms with Gasteiger partial charge in [-0.25, -0.2) is 0 Å². The zero-order valence-electron chi connectivity index (χ0n) is 1.54. The molecule has 25 valence electrons. The van der Waals surface area contributed by atoms with Crippen LogP contribution in [0.2, 0.25) is 0 Å². The van der Waals surface area contributed by atoms with Gasteiger partial charge in [-0.3, -0.25) is 0 Å². The third-order valence-corrected chi connectivity index (χ3v) is 0. The van der Waals surface area contributed by atoms with E-state index in [0.717, 1.165) is 0 Å². The molecule has 0 amide bonds. The maximum Gasteiger partial charge on any atom is 3.00 e. The smallest absolute Gasteiger partial charge is 2.00 e. The number of hydrogen-bond acceptors (Lipinski definition) is 0. The van der Waals surface area contributed by atoms with Crippen molar-refractivity contribution in [2.75, 3.05) is 0 Å². The molecule has 0 aliphatic heterocycles. The minimum Gasteiger partial charge on any atom is -2.00 e. The first-order valence-electron chi connectivity index (χ1n) is 0. The predicted octanol–water partition coefficient (Wildman–Crippen LogP) is -0.124. The average Bonchev–Trinajstić information content (AvgIpc) is 0. The Balaban J connectivity index is 0. The Morgan fingerprint density at radius 1 is 1.00 bits per heavy atom. The molecule has 0 spiro atoms. The SMILES string of the molecule is [Ce+3].[Co+2].[Cu+2].[O-2]. The van der Waals surface area contributed by atoms with E-state index in [2.05, 4.69) is 0 Å². The summed E-state index contributed by atoms with van der Waals surface area (Å²) in [6.45, 7) is 0. The second-order valence-corrected chi connectivity index (χ2v) is 0. The number of rotatable bonds is 0. The van der Waals surface area contributed by atoms with Gasteiger partial charge >= 0.3 is 75.6 Å². The van der Waals surface area contributed by atoms with Crippen LogP contribution in [0.4, 0.5) is 0 Å². The summed E-state index contributed by atoms with van der Waals surface area (Å²) in [6.07, 6.45) is 0. The molecule has 3 radical (unpaired) electrons. The molecule has 0 fully saturated rings. The van der Waals surface area contributed by atoms with Gasteiger partial charge in [0, 0.05) is 0 Å². The maximum atomic E-state index is 0. The minimum absolute atomic E-state index is 0. The molecule has 0 aromatic carbocycles. The Bertz CT molecular complexity index is 8.00.